The van der Waals surface area contributed by atoms with Crippen molar-refractivity contribution in [3.8, 4) is 22.8 Å². The topological polar surface area (TPSA) is 22.1 Å². The average Bonchev–Trinajstić information content (AvgIpc) is 2.79. The number of allylic oxidation sites excluding steroid dienone is 1. The maximum atomic E-state index is 13.5. The number of pyridine rings is 1. The third-order valence-electron chi connectivity index (χ3n) is 5.61. The van der Waals surface area contributed by atoms with Gasteiger partial charge in [0.25, 0.3) is 0 Å². The summed E-state index contributed by atoms with van der Waals surface area (Å²) < 4.78 is 33.1. The standard InChI is InChI=1S/C29H25F2NO.H2/c1-19-7-11-23(12-8-19)28-18-26(13-14-32-28)33-29-6-4-5-27(21(29)3)20(2)9-10-22-15-24(30)17-25(31)16-22;/h4-8,11-18H,2,9-10H2,1,3H3;1H. The van der Waals surface area contributed by atoms with E-state index in [1.165, 1.54) is 17.7 Å². The Hall–Kier alpha value is -3.79. The number of nitrogens with zero attached hydrogens (tertiary/aromatic N) is 1. The van der Waals surface area contributed by atoms with Gasteiger partial charge in [-0.15, -0.1) is 0 Å². The molecule has 0 radical (unpaired) electrons. The summed E-state index contributed by atoms with van der Waals surface area (Å²) in [5, 5.41) is 0. The molecule has 0 aliphatic carbocycles. The van der Waals surface area contributed by atoms with Gasteiger partial charge >= 0.3 is 0 Å². The molecule has 0 spiro atoms. The Morgan fingerprint density at radius 1 is 0.939 bits per heavy atom. The predicted octanol–water partition coefficient (Wildman–Crippen LogP) is 8.33. The summed E-state index contributed by atoms with van der Waals surface area (Å²) in [5.41, 5.74) is 6.49. The second kappa shape index (κ2) is 9.78. The van der Waals surface area contributed by atoms with Crippen molar-refractivity contribution >= 4 is 5.57 Å². The summed E-state index contributed by atoms with van der Waals surface area (Å²) in [4.78, 5) is 4.47. The summed E-state index contributed by atoms with van der Waals surface area (Å²) in [6.07, 6.45) is 2.82. The van der Waals surface area contributed by atoms with Crippen LogP contribution >= 0.6 is 0 Å². The Bertz CT molecular complexity index is 1280. The average molecular weight is 444 g/mol. The highest BCUT2D eigenvalue weighted by molar-refractivity contribution is 5.69. The molecule has 0 aliphatic rings. The van der Waals surface area contributed by atoms with Crippen LogP contribution in [0.1, 0.15) is 30.1 Å². The normalized spacial score (nSPS) is 10.8. The third kappa shape index (κ3) is 5.53. The molecule has 3 aromatic carbocycles. The Morgan fingerprint density at radius 2 is 1.67 bits per heavy atom. The lowest BCUT2D eigenvalue weighted by Crippen LogP contribution is -1.96. The van der Waals surface area contributed by atoms with E-state index in [1.807, 2.05) is 49.4 Å². The number of aromatic nitrogens is 1. The molecule has 0 bridgehead atoms. The van der Waals surface area contributed by atoms with Gasteiger partial charge in [0.05, 0.1) is 5.69 Å². The summed E-state index contributed by atoms with van der Waals surface area (Å²) >= 11 is 0. The van der Waals surface area contributed by atoms with E-state index >= 15 is 0 Å². The highest BCUT2D eigenvalue weighted by atomic mass is 19.1. The summed E-state index contributed by atoms with van der Waals surface area (Å²) in [6.45, 7) is 8.24. The number of aryl methyl sites for hydroxylation is 2. The highest BCUT2D eigenvalue weighted by Gasteiger charge is 2.11. The van der Waals surface area contributed by atoms with Crippen LogP contribution in [0.15, 0.2) is 85.6 Å². The van der Waals surface area contributed by atoms with Crippen molar-refractivity contribution in [2.24, 2.45) is 0 Å². The molecule has 0 fully saturated rings. The molecular formula is C29H27F2NO. The van der Waals surface area contributed by atoms with Crippen molar-refractivity contribution < 1.29 is 14.9 Å². The molecule has 0 saturated heterocycles. The molecule has 0 N–H and O–H groups in total. The minimum absolute atomic E-state index is 0. The fraction of sp³-hybridized carbons (Fsp3) is 0.138. The van der Waals surface area contributed by atoms with Crippen LogP contribution in [0.5, 0.6) is 11.5 Å². The Balaban J connectivity index is 0.00000324. The van der Waals surface area contributed by atoms with Gasteiger partial charge in [0, 0.05) is 25.3 Å². The molecular weight excluding hydrogens is 416 g/mol. The van der Waals surface area contributed by atoms with Gasteiger partial charge in [-0.25, -0.2) is 8.78 Å². The Morgan fingerprint density at radius 3 is 2.39 bits per heavy atom. The van der Waals surface area contributed by atoms with Crippen LogP contribution in [0.4, 0.5) is 8.78 Å². The van der Waals surface area contributed by atoms with Crippen LogP contribution in [0.25, 0.3) is 16.8 Å². The summed E-state index contributed by atoms with van der Waals surface area (Å²) in [6, 6.07) is 21.4. The van der Waals surface area contributed by atoms with E-state index in [1.54, 1.807) is 6.20 Å². The summed E-state index contributed by atoms with van der Waals surface area (Å²) in [5.74, 6) is 0.294. The minimum Gasteiger partial charge on any atom is -0.457 e. The lowest BCUT2D eigenvalue weighted by atomic mass is 9.96. The van der Waals surface area contributed by atoms with E-state index in [9.17, 15) is 8.78 Å². The summed E-state index contributed by atoms with van der Waals surface area (Å²) in [7, 11) is 0. The van der Waals surface area contributed by atoms with E-state index in [0.29, 0.717) is 24.2 Å². The Kier molecular flexibility index (Phi) is 6.64. The second-order valence-electron chi connectivity index (χ2n) is 8.15. The number of ether oxygens (including phenoxy) is 1. The first-order valence-electron chi connectivity index (χ1n) is 10.8. The number of rotatable bonds is 7. The van der Waals surface area contributed by atoms with Crippen LogP contribution in [-0.2, 0) is 6.42 Å². The highest BCUT2D eigenvalue weighted by Crippen LogP contribution is 2.32. The quantitative estimate of drug-likeness (QED) is 0.286. The molecule has 0 saturated carbocycles. The fourth-order valence-electron chi connectivity index (χ4n) is 3.78. The van der Waals surface area contributed by atoms with E-state index in [0.717, 1.165) is 39.8 Å². The SMILES string of the molecule is C=C(CCc1cc(F)cc(F)c1)c1cccc(Oc2ccnc(-c3ccc(C)cc3)c2)c1C.[HH]. The number of halogens is 2. The molecule has 4 aromatic rings. The van der Waals surface area contributed by atoms with Gasteiger partial charge < -0.3 is 4.74 Å². The molecule has 0 aliphatic heterocycles. The molecule has 0 atom stereocenters. The van der Waals surface area contributed by atoms with Crippen LogP contribution < -0.4 is 4.74 Å². The molecule has 0 unspecified atom stereocenters. The molecule has 1 heterocycles. The van der Waals surface area contributed by atoms with Crippen LogP contribution in [0.3, 0.4) is 0 Å². The fourth-order valence-corrected chi connectivity index (χ4v) is 3.78. The van der Waals surface area contributed by atoms with Crippen molar-refractivity contribution in [3.05, 3.63) is 119 Å². The van der Waals surface area contributed by atoms with Gasteiger partial charge in [-0.2, -0.15) is 0 Å². The zero-order valence-electron chi connectivity index (χ0n) is 18.7. The van der Waals surface area contributed by atoms with Crippen molar-refractivity contribution in [1.82, 2.24) is 4.98 Å². The van der Waals surface area contributed by atoms with Gasteiger partial charge in [0.1, 0.15) is 23.1 Å². The zero-order chi connectivity index (χ0) is 23.4. The largest absolute Gasteiger partial charge is 0.457 e. The smallest absolute Gasteiger partial charge is 0.131 e. The first-order valence-corrected chi connectivity index (χ1v) is 10.8. The van der Waals surface area contributed by atoms with Gasteiger partial charge in [0.2, 0.25) is 0 Å². The first kappa shape index (κ1) is 22.4. The van der Waals surface area contributed by atoms with E-state index in [4.69, 9.17) is 4.74 Å². The monoisotopic (exact) mass is 443 g/mol. The van der Waals surface area contributed by atoms with Crippen molar-refractivity contribution in [1.29, 1.82) is 0 Å². The maximum Gasteiger partial charge on any atom is 0.131 e. The number of hydrogen-bond donors (Lipinski definition) is 0. The molecule has 4 heteroatoms. The lowest BCUT2D eigenvalue weighted by molar-refractivity contribution is 0.478. The van der Waals surface area contributed by atoms with Gasteiger partial charge in [-0.3, -0.25) is 4.98 Å². The van der Waals surface area contributed by atoms with Crippen molar-refractivity contribution in [2.45, 2.75) is 26.7 Å². The van der Waals surface area contributed by atoms with Crippen LogP contribution in [-0.4, -0.2) is 4.98 Å². The van der Waals surface area contributed by atoms with Crippen LogP contribution in [0.2, 0.25) is 0 Å². The third-order valence-corrected chi connectivity index (χ3v) is 5.61. The van der Waals surface area contributed by atoms with Crippen molar-refractivity contribution in [2.75, 3.05) is 0 Å². The molecule has 4 rings (SSSR count). The molecule has 33 heavy (non-hydrogen) atoms. The minimum atomic E-state index is -0.565. The van der Waals surface area contributed by atoms with E-state index in [2.05, 4.69) is 30.6 Å². The lowest BCUT2D eigenvalue weighted by Gasteiger charge is -2.15. The number of benzene rings is 3. The van der Waals surface area contributed by atoms with E-state index in [-0.39, 0.29) is 1.43 Å². The van der Waals surface area contributed by atoms with Crippen LogP contribution in [0, 0.1) is 25.5 Å². The van der Waals surface area contributed by atoms with Gasteiger partial charge in [-0.05, 0) is 73.2 Å². The van der Waals surface area contributed by atoms with Gasteiger partial charge in [-0.1, -0.05) is 48.5 Å². The number of hydrogen-bond acceptors (Lipinski definition) is 2. The Labute approximate surface area is 194 Å². The predicted molar refractivity (Wildman–Crippen MR) is 131 cm³/mol. The first-order chi connectivity index (χ1) is 15.9. The molecule has 2 nitrogen and oxygen atoms in total. The maximum absolute atomic E-state index is 13.5. The second-order valence-corrected chi connectivity index (χ2v) is 8.15. The van der Waals surface area contributed by atoms with Crippen molar-refractivity contribution in [3.63, 3.8) is 0 Å². The van der Waals surface area contributed by atoms with Gasteiger partial charge in [0.15, 0.2) is 0 Å². The molecule has 168 valence electrons. The molecule has 0 amide bonds. The molecule has 1 aromatic heterocycles. The van der Waals surface area contributed by atoms with E-state index < -0.39 is 11.6 Å². The zero-order valence-corrected chi connectivity index (χ0v) is 18.7.